The smallest absolute Gasteiger partial charge is 0.122 e. The van der Waals surface area contributed by atoms with Crippen LogP contribution in [-0.2, 0) is 6.42 Å². The molecule has 6 heteroatoms. The molecule has 0 N–H and O–H groups in total. The highest BCUT2D eigenvalue weighted by Gasteiger charge is 2.29. The lowest BCUT2D eigenvalue weighted by Gasteiger charge is -2.43. The monoisotopic (exact) mass is 553 g/mol. The second-order valence-electron chi connectivity index (χ2n) is 12.0. The molecule has 2 saturated heterocycles. The Balaban J connectivity index is 1.13. The highest BCUT2D eigenvalue weighted by Crippen LogP contribution is 2.30. The Bertz CT molecular complexity index is 1300. The summed E-state index contributed by atoms with van der Waals surface area (Å²) in [5, 5.41) is 12.1. The lowest BCUT2D eigenvalue weighted by Crippen LogP contribution is -2.53. The van der Waals surface area contributed by atoms with Gasteiger partial charge in [0.1, 0.15) is 5.75 Å². The van der Waals surface area contributed by atoms with Crippen molar-refractivity contribution in [1.82, 2.24) is 19.6 Å². The summed E-state index contributed by atoms with van der Waals surface area (Å²) in [6.45, 7) is 15.7. The molecule has 218 valence electrons. The summed E-state index contributed by atoms with van der Waals surface area (Å²) in [7, 11) is 1.78. The van der Waals surface area contributed by atoms with Crippen molar-refractivity contribution in [3.05, 3.63) is 77.4 Å². The van der Waals surface area contributed by atoms with Gasteiger partial charge in [-0.25, -0.2) is 0 Å². The second-order valence-corrected chi connectivity index (χ2v) is 12.0. The van der Waals surface area contributed by atoms with Crippen LogP contribution in [0, 0.1) is 11.3 Å². The summed E-state index contributed by atoms with van der Waals surface area (Å²) in [5.41, 5.74) is 3.39. The van der Waals surface area contributed by atoms with E-state index in [4.69, 9.17) is 4.74 Å². The van der Waals surface area contributed by atoms with E-state index in [0.29, 0.717) is 12.1 Å². The quantitative estimate of drug-likeness (QED) is 0.295. The molecule has 0 aliphatic carbocycles. The van der Waals surface area contributed by atoms with Gasteiger partial charge in [0.25, 0.3) is 0 Å². The third-order valence-electron chi connectivity index (χ3n) is 9.19. The van der Waals surface area contributed by atoms with Gasteiger partial charge in [0.2, 0.25) is 0 Å². The van der Waals surface area contributed by atoms with E-state index in [1.807, 2.05) is 6.07 Å². The molecule has 3 aromatic rings. The minimum absolute atomic E-state index is 0.333. The number of rotatable bonds is 11. The van der Waals surface area contributed by atoms with Gasteiger partial charge in [-0.05, 0) is 74.2 Å². The van der Waals surface area contributed by atoms with E-state index in [9.17, 15) is 5.26 Å². The maximum Gasteiger partial charge on any atom is 0.122 e. The lowest BCUT2D eigenvalue weighted by atomic mass is 9.99. The third-order valence-corrected chi connectivity index (χ3v) is 9.19. The second kappa shape index (κ2) is 14.3. The minimum Gasteiger partial charge on any atom is -0.496 e. The van der Waals surface area contributed by atoms with Crippen LogP contribution in [-0.4, -0.2) is 98.2 Å². The molecule has 0 saturated carbocycles. The van der Waals surface area contributed by atoms with Crippen molar-refractivity contribution in [2.45, 2.75) is 45.2 Å². The Morgan fingerprint density at radius 1 is 0.805 bits per heavy atom. The first-order chi connectivity index (χ1) is 20.1. The van der Waals surface area contributed by atoms with Crippen LogP contribution in [0.3, 0.4) is 0 Å². The molecule has 0 bridgehead atoms. The zero-order chi connectivity index (χ0) is 28.6. The number of benzene rings is 3. The van der Waals surface area contributed by atoms with Crippen molar-refractivity contribution in [3.8, 4) is 11.8 Å². The molecule has 6 nitrogen and oxygen atoms in total. The van der Waals surface area contributed by atoms with Gasteiger partial charge in [0.05, 0.1) is 18.7 Å². The number of nitriles is 1. The Hall–Kier alpha value is -2.95. The van der Waals surface area contributed by atoms with Gasteiger partial charge in [-0.2, -0.15) is 5.26 Å². The van der Waals surface area contributed by atoms with E-state index in [-0.39, 0.29) is 0 Å². The van der Waals surface area contributed by atoms with Crippen molar-refractivity contribution >= 4 is 10.8 Å². The molecule has 3 aromatic carbocycles. The number of hydrogen-bond donors (Lipinski definition) is 0. The molecule has 1 atom stereocenters. The maximum absolute atomic E-state index is 9.53. The number of methoxy groups -OCH3 is 1. The Kier molecular flexibility index (Phi) is 10.3. The van der Waals surface area contributed by atoms with Crippen LogP contribution < -0.4 is 4.74 Å². The average Bonchev–Trinajstić information content (AvgIpc) is 3.02. The number of unbranched alkanes of at least 4 members (excludes halogenated alkanes) is 1. The highest BCUT2D eigenvalue weighted by molar-refractivity contribution is 5.87. The van der Waals surface area contributed by atoms with E-state index in [1.165, 1.54) is 34.7 Å². The first-order valence-electron chi connectivity index (χ1n) is 15.5. The van der Waals surface area contributed by atoms with Crippen LogP contribution in [0.4, 0.5) is 0 Å². The highest BCUT2D eigenvalue weighted by atomic mass is 16.5. The number of nitrogens with zero attached hydrogens (tertiary/aromatic N) is 5. The summed E-state index contributed by atoms with van der Waals surface area (Å²) in [5.74, 6) is 1.01. The topological polar surface area (TPSA) is 46.0 Å². The minimum atomic E-state index is 0.333. The summed E-state index contributed by atoms with van der Waals surface area (Å²) in [6, 6.07) is 24.5. The predicted molar refractivity (Wildman–Crippen MR) is 168 cm³/mol. The van der Waals surface area contributed by atoms with Crippen molar-refractivity contribution in [2.24, 2.45) is 0 Å². The molecular formula is C35H47N5O. The molecule has 2 aliphatic heterocycles. The number of hydrogen-bond acceptors (Lipinski definition) is 6. The summed E-state index contributed by atoms with van der Waals surface area (Å²) >= 11 is 0. The van der Waals surface area contributed by atoms with Crippen LogP contribution in [0.5, 0.6) is 5.75 Å². The van der Waals surface area contributed by atoms with Gasteiger partial charge in [-0.3, -0.25) is 14.7 Å². The van der Waals surface area contributed by atoms with Crippen molar-refractivity contribution < 1.29 is 4.74 Å². The fourth-order valence-corrected chi connectivity index (χ4v) is 6.65. The first-order valence-corrected chi connectivity index (χ1v) is 15.5. The Labute approximate surface area is 247 Å². The fourth-order valence-electron chi connectivity index (χ4n) is 6.65. The number of aryl methyl sites for hydroxylation is 1. The molecule has 2 heterocycles. The predicted octanol–water partition coefficient (Wildman–Crippen LogP) is 5.43. The fraction of sp³-hybridized carbons (Fsp3) is 0.514. The van der Waals surface area contributed by atoms with Crippen LogP contribution in [0.15, 0.2) is 60.7 Å². The van der Waals surface area contributed by atoms with Crippen molar-refractivity contribution in [2.75, 3.05) is 72.6 Å². The SMILES string of the molecule is COc1ccc2ccccc2c1CCCCN1CCN(CC(c2cccc(C#N)c2)N2CCN(C(C)C)CC2)CC1. The third kappa shape index (κ3) is 7.47. The van der Waals surface area contributed by atoms with Gasteiger partial charge in [-0.1, -0.05) is 42.5 Å². The summed E-state index contributed by atoms with van der Waals surface area (Å²) < 4.78 is 5.71. The standard InChI is InChI=1S/C35H47N5O/c1-28(2)39-21-23-40(24-22-39)34(31-11-8-9-29(25-31)26-36)27-38-19-17-37(18-20-38)16-7-6-13-33-32-12-5-4-10-30(32)14-15-35(33)41-3/h4-5,8-12,14-15,25,28,34H,6-7,13,16-24,27H2,1-3H3. The zero-order valence-corrected chi connectivity index (χ0v) is 25.3. The van der Waals surface area contributed by atoms with E-state index < -0.39 is 0 Å². The molecule has 0 spiro atoms. The van der Waals surface area contributed by atoms with E-state index in [0.717, 1.165) is 83.2 Å². The van der Waals surface area contributed by atoms with Crippen LogP contribution in [0.1, 0.15) is 49.4 Å². The molecule has 2 fully saturated rings. The first kappa shape index (κ1) is 29.5. The number of ether oxygens (including phenoxy) is 1. The van der Waals surface area contributed by atoms with Crippen molar-refractivity contribution in [1.29, 1.82) is 5.26 Å². The molecule has 5 rings (SSSR count). The van der Waals surface area contributed by atoms with Gasteiger partial charge >= 0.3 is 0 Å². The molecule has 1 unspecified atom stereocenters. The van der Waals surface area contributed by atoms with E-state index in [1.54, 1.807) is 7.11 Å². The van der Waals surface area contributed by atoms with Crippen LogP contribution in [0.25, 0.3) is 10.8 Å². The molecule has 0 radical (unpaired) electrons. The molecule has 2 aliphatic rings. The van der Waals surface area contributed by atoms with Gasteiger partial charge < -0.3 is 9.64 Å². The lowest BCUT2D eigenvalue weighted by molar-refractivity contribution is 0.0480. The van der Waals surface area contributed by atoms with Gasteiger partial charge in [0.15, 0.2) is 0 Å². The van der Waals surface area contributed by atoms with Gasteiger partial charge in [-0.15, -0.1) is 0 Å². The number of piperazine rings is 2. The Morgan fingerprint density at radius 2 is 1.54 bits per heavy atom. The molecular weight excluding hydrogens is 506 g/mol. The summed E-state index contributed by atoms with van der Waals surface area (Å²) in [4.78, 5) is 10.5. The van der Waals surface area contributed by atoms with E-state index >= 15 is 0 Å². The van der Waals surface area contributed by atoms with E-state index in [2.05, 4.69) is 94.1 Å². The largest absolute Gasteiger partial charge is 0.496 e. The summed E-state index contributed by atoms with van der Waals surface area (Å²) in [6.07, 6.45) is 3.43. The normalized spacial score (nSPS) is 18.5. The van der Waals surface area contributed by atoms with Crippen LogP contribution >= 0.6 is 0 Å². The van der Waals surface area contributed by atoms with Crippen molar-refractivity contribution in [3.63, 3.8) is 0 Å². The maximum atomic E-state index is 9.53. The average molecular weight is 554 g/mol. The Morgan fingerprint density at radius 3 is 2.27 bits per heavy atom. The van der Waals surface area contributed by atoms with Crippen LogP contribution in [0.2, 0.25) is 0 Å². The molecule has 0 aromatic heterocycles. The molecule has 0 amide bonds. The number of fused-ring (bicyclic) bond motifs is 1. The van der Waals surface area contributed by atoms with Gasteiger partial charge in [0, 0.05) is 76.5 Å². The zero-order valence-electron chi connectivity index (χ0n) is 25.3. The molecule has 41 heavy (non-hydrogen) atoms.